The number of anilines is 1. The molecule has 0 spiro atoms. The van der Waals surface area contributed by atoms with Crippen molar-refractivity contribution < 1.29 is 28.8 Å². The highest BCUT2D eigenvalue weighted by Gasteiger charge is 2.23. The van der Waals surface area contributed by atoms with Crippen molar-refractivity contribution in [2.75, 3.05) is 12.4 Å². The third kappa shape index (κ3) is 4.91. The second-order valence-corrected chi connectivity index (χ2v) is 5.81. The van der Waals surface area contributed by atoms with Gasteiger partial charge in [0, 0.05) is 23.4 Å². The Labute approximate surface area is 160 Å². The lowest BCUT2D eigenvalue weighted by molar-refractivity contribution is -0.384. The molecule has 1 amide bonds. The Kier molecular flexibility index (Phi) is 6.43. The molecule has 0 saturated carbocycles. The van der Waals surface area contributed by atoms with Crippen molar-refractivity contribution in [3.63, 3.8) is 0 Å². The predicted molar refractivity (Wildman–Crippen MR) is 99.6 cm³/mol. The summed E-state index contributed by atoms with van der Waals surface area (Å²) in [5.41, 5.74) is 0.443. The summed E-state index contributed by atoms with van der Waals surface area (Å²) >= 11 is 0. The van der Waals surface area contributed by atoms with Crippen molar-refractivity contribution in [1.82, 2.24) is 0 Å². The lowest BCUT2D eigenvalue weighted by Crippen LogP contribution is -2.30. The van der Waals surface area contributed by atoms with E-state index in [0.717, 1.165) is 6.07 Å². The number of carbonyl (C=O) groups is 3. The zero-order valence-corrected chi connectivity index (χ0v) is 15.4. The molecule has 28 heavy (non-hydrogen) atoms. The fraction of sp³-hybridized carbons (Fsp3) is 0.211. The second-order valence-electron chi connectivity index (χ2n) is 5.81. The summed E-state index contributed by atoms with van der Waals surface area (Å²) in [6, 6.07) is 9.70. The molecule has 0 aromatic heterocycles. The average Bonchev–Trinajstić information content (AvgIpc) is 2.67. The first-order valence-corrected chi connectivity index (χ1v) is 8.18. The molecule has 2 aromatic carbocycles. The van der Waals surface area contributed by atoms with E-state index in [2.05, 4.69) is 5.32 Å². The van der Waals surface area contributed by atoms with Gasteiger partial charge < -0.3 is 14.8 Å². The van der Waals surface area contributed by atoms with Gasteiger partial charge in [0.05, 0.1) is 12.0 Å². The fourth-order valence-corrected chi connectivity index (χ4v) is 2.28. The lowest BCUT2D eigenvalue weighted by atomic mass is 10.1. The number of esters is 1. The number of ether oxygens (including phenoxy) is 2. The molecular weight excluding hydrogens is 368 g/mol. The van der Waals surface area contributed by atoms with Crippen molar-refractivity contribution in [3.05, 3.63) is 63.7 Å². The molecule has 146 valence electrons. The summed E-state index contributed by atoms with van der Waals surface area (Å²) in [7, 11) is 1.30. The van der Waals surface area contributed by atoms with Gasteiger partial charge in [-0.1, -0.05) is 0 Å². The van der Waals surface area contributed by atoms with Crippen molar-refractivity contribution >= 4 is 29.0 Å². The summed E-state index contributed by atoms with van der Waals surface area (Å²) in [5, 5.41) is 13.5. The standard InChI is InChI=1S/C19H18N2O7/c1-11(22)13-4-6-14(7-5-13)20-18(23)12(2)28-19(24)16-10-15(21(25)26)8-9-17(16)27-3/h4-10,12H,1-3H3,(H,20,23)/t12-/m0/s1. The topological polar surface area (TPSA) is 125 Å². The highest BCUT2D eigenvalue weighted by atomic mass is 16.6. The molecule has 0 unspecified atom stereocenters. The van der Waals surface area contributed by atoms with Gasteiger partial charge in [0.2, 0.25) is 0 Å². The third-order valence-corrected chi connectivity index (χ3v) is 3.83. The zero-order chi connectivity index (χ0) is 20.8. The zero-order valence-electron chi connectivity index (χ0n) is 15.4. The van der Waals surface area contributed by atoms with Gasteiger partial charge in [0.15, 0.2) is 11.9 Å². The second kappa shape index (κ2) is 8.76. The monoisotopic (exact) mass is 386 g/mol. The van der Waals surface area contributed by atoms with Gasteiger partial charge in [-0.3, -0.25) is 19.7 Å². The van der Waals surface area contributed by atoms with Crippen LogP contribution in [0.1, 0.15) is 34.6 Å². The van der Waals surface area contributed by atoms with Gasteiger partial charge in [0.25, 0.3) is 11.6 Å². The number of ketones is 1. The van der Waals surface area contributed by atoms with Crippen LogP contribution in [0.2, 0.25) is 0 Å². The van der Waals surface area contributed by atoms with Gasteiger partial charge in [-0.05, 0) is 44.2 Å². The van der Waals surface area contributed by atoms with E-state index in [1.54, 1.807) is 24.3 Å². The maximum Gasteiger partial charge on any atom is 0.342 e. The van der Waals surface area contributed by atoms with E-state index in [4.69, 9.17) is 9.47 Å². The number of nitro benzene ring substituents is 1. The summed E-state index contributed by atoms with van der Waals surface area (Å²) in [6.07, 6.45) is -1.18. The van der Waals surface area contributed by atoms with Gasteiger partial charge in [-0.25, -0.2) is 4.79 Å². The molecule has 9 heteroatoms. The summed E-state index contributed by atoms with van der Waals surface area (Å²) in [4.78, 5) is 46.1. The minimum absolute atomic E-state index is 0.0861. The first-order chi connectivity index (χ1) is 13.2. The molecule has 1 atom stereocenters. The van der Waals surface area contributed by atoms with Crippen LogP contribution in [0.3, 0.4) is 0 Å². The lowest BCUT2D eigenvalue weighted by Gasteiger charge is -2.15. The smallest absolute Gasteiger partial charge is 0.342 e. The van der Waals surface area contributed by atoms with Gasteiger partial charge in [-0.2, -0.15) is 0 Å². The Morgan fingerprint density at radius 3 is 2.29 bits per heavy atom. The third-order valence-electron chi connectivity index (χ3n) is 3.83. The number of methoxy groups -OCH3 is 1. The molecule has 0 bridgehead atoms. The van der Waals surface area contributed by atoms with E-state index in [1.165, 1.54) is 33.1 Å². The average molecular weight is 386 g/mol. The Morgan fingerprint density at radius 2 is 1.75 bits per heavy atom. The molecule has 1 N–H and O–H groups in total. The number of nitrogens with zero attached hydrogens (tertiary/aromatic N) is 1. The quantitative estimate of drug-likeness (QED) is 0.336. The molecule has 0 aliphatic rings. The molecule has 9 nitrogen and oxygen atoms in total. The molecule has 2 rings (SSSR count). The Morgan fingerprint density at radius 1 is 1.11 bits per heavy atom. The van der Waals surface area contributed by atoms with Gasteiger partial charge >= 0.3 is 5.97 Å². The number of benzene rings is 2. The van der Waals surface area contributed by atoms with Crippen LogP contribution in [-0.4, -0.2) is 35.8 Å². The number of nitro groups is 1. The van der Waals surface area contributed by atoms with E-state index in [9.17, 15) is 24.5 Å². The number of rotatable bonds is 7. The molecule has 0 fully saturated rings. The molecule has 0 saturated heterocycles. The van der Waals surface area contributed by atoms with E-state index in [-0.39, 0.29) is 22.8 Å². The van der Waals surface area contributed by atoms with Crippen LogP contribution < -0.4 is 10.1 Å². The summed E-state index contributed by atoms with van der Waals surface area (Å²) < 4.78 is 10.1. The van der Waals surface area contributed by atoms with Gasteiger partial charge in [-0.15, -0.1) is 0 Å². The van der Waals surface area contributed by atoms with E-state index in [1.807, 2.05) is 0 Å². The predicted octanol–water partition coefficient (Wildman–Crippen LogP) is 2.99. The van der Waals surface area contributed by atoms with Crippen molar-refractivity contribution in [1.29, 1.82) is 0 Å². The first-order valence-electron chi connectivity index (χ1n) is 8.18. The first kappa shape index (κ1) is 20.6. The Hall–Kier alpha value is -3.75. The van der Waals surface area contributed by atoms with Crippen LogP contribution in [0.4, 0.5) is 11.4 Å². The molecule has 0 aliphatic heterocycles. The fourth-order valence-electron chi connectivity index (χ4n) is 2.28. The number of carbonyl (C=O) groups excluding carboxylic acids is 3. The number of non-ortho nitro benzene ring substituents is 1. The van der Waals surface area contributed by atoms with Crippen LogP contribution in [0.5, 0.6) is 5.75 Å². The van der Waals surface area contributed by atoms with Crippen LogP contribution in [0, 0.1) is 10.1 Å². The Balaban J connectivity index is 2.09. The minimum Gasteiger partial charge on any atom is -0.496 e. The van der Waals surface area contributed by atoms with Gasteiger partial charge in [0.1, 0.15) is 11.3 Å². The summed E-state index contributed by atoms with van der Waals surface area (Å²) in [5.74, 6) is -1.56. The highest BCUT2D eigenvalue weighted by molar-refractivity contribution is 5.99. The van der Waals surface area contributed by atoms with Crippen molar-refractivity contribution in [3.8, 4) is 5.75 Å². The SMILES string of the molecule is COc1ccc([N+](=O)[O-])cc1C(=O)O[C@@H](C)C(=O)Nc1ccc(C(C)=O)cc1. The number of amides is 1. The highest BCUT2D eigenvalue weighted by Crippen LogP contribution is 2.25. The molecule has 0 heterocycles. The number of nitrogens with one attached hydrogen (secondary N) is 1. The molecule has 2 aromatic rings. The van der Waals surface area contributed by atoms with Crippen LogP contribution in [0.25, 0.3) is 0 Å². The number of Topliss-reactive ketones (excluding diaryl/α,β-unsaturated/α-hetero) is 1. The molecule has 0 radical (unpaired) electrons. The molecule has 0 aliphatic carbocycles. The van der Waals surface area contributed by atoms with Crippen LogP contribution >= 0.6 is 0 Å². The maximum atomic E-state index is 12.3. The van der Waals surface area contributed by atoms with E-state index < -0.39 is 22.9 Å². The van der Waals surface area contributed by atoms with E-state index in [0.29, 0.717) is 11.3 Å². The summed E-state index contributed by atoms with van der Waals surface area (Å²) in [6.45, 7) is 2.79. The molecular formula is C19H18N2O7. The normalized spacial score (nSPS) is 11.2. The largest absolute Gasteiger partial charge is 0.496 e. The number of hydrogen-bond acceptors (Lipinski definition) is 7. The van der Waals surface area contributed by atoms with Crippen molar-refractivity contribution in [2.45, 2.75) is 20.0 Å². The number of hydrogen-bond donors (Lipinski definition) is 1. The van der Waals surface area contributed by atoms with Crippen molar-refractivity contribution in [2.24, 2.45) is 0 Å². The van der Waals surface area contributed by atoms with E-state index >= 15 is 0 Å². The Bertz CT molecular complexity index is 922. The van der Waals surface area contributed by atoms with Crippen LogP contribution in [-0.2, 0) is 9.53 Å². The van der Waals surface area contributed by atoms with Crippen LogP contribution in [0.15, 0.2) is 42.5 Å². The minimum atomic E-state index is -1.18. The maximum absolute atomic E-state index is 12.3.